The van der Waals surface area contributed by atoms with Crippen molar-refractivity contribution in [3.05, 3.63) is 94.1 Å². The van der Waals surface area contributed by atoms with Crippen LogP contribution in [0.5, 0.6) is 0 Å². The van der Waals surface area contributed by atoms with Gasteiger partial charge in [-0.05, 0) is 11.1 Å². The maximum absolute atomic E-state index is 13.9. The Morgan fingerprint density at radius 3 is 2.33 bits per heavy atom. The first-order chi connectivity index (χ1) is 20.8. The summed E-state index contributed by atoms with van der Waals surface area (Å²) < 4.78 is 11.3. The highest BCUT2D eigenvalue weighted by molar-refractivity contribution is 8.00. The van der Waals surface area contributed by atoms with Gasteiger partial charge in [-0.3, -0.25) is 19.3 Å². The molecule has 5 rings (SSSR count). The molecule has 2 aliphatic rings. The van der Waals surface area contributed by atoms with E-state index in [1.807, 2.05) is 60.7 Å². The van der Waals surface area contributed by atoms with Gasteiger partial charge in [0.1, 0.15) is 36.5 Å². The topological polar surface area (TPSA) is 163 Å². The number of amides is 2. The third kappa shape index (κ3) is 6.39. The van der Waals surface area contributed by atoms with Crippen molar-refractivity contribution in [3.63, 3.8) is 0 Å². The third-order valence-electron chi connectivity index (χ3n) is 6.57. The number of carbonyl (C=O) groups is 4. The number of nitrogens with two attached hydrogens (primary N) is 1. The standard InChI is InChI=1S/C29H27N5O7S2/c1-16(35)40-13-19-14-42-27-22(32-25(36)21(33-39-2)20-15-43-29(30)31-20)26(37)34(27)23(19)28(38)41-24(17-9-5-3-6-10-17)18-11-7-4-8-12-18/h3-12,15,22,24,27H,13-14H2,1-2H3,(H2,30,31)(H,32,36)/b33-21-/t22-,27-/m1/s1. The zero-order valence-corrected chi connectivity index (χ0v) is 24.7. The van der Waals surface area contributed by atoms with Gasteiger partial charge in [-0.1, -0.05) is 65.8 Å². The highest BCUT2D eigenvalue weighted by atomic mass is 32.2. The molecule has 0 radical (unpaired) electrons. The molecule has 0 unspecified atom stereocenters. The van der Waals surface area contributed by atoms with Crippen molar-refractivity contribution in [1.29, 1.82) is 0 Å². The molecule has 1 saturated heterocycles. The van der Waals surface area contributed by atoms with E-state index >= 15 is 0 Å². The van der Waals surface area contributed by atoms with Gasteiger partial charge >= 0.3 is 11.9 Å². The number of nitrogens with one attached hydrogen (secondary N) is 1. The van der Waals surface area contributed by atoms with Crippen LogP contribution < -0.4 is 11.1 Å². The number of fused-ring (bicyclic) bond motifs is 1. The van der Waals surface area contributed by atoms with E-state index in [0.717, 1.165) is 22.5 Å². The average molecular weight is 622 g/mol. The summed E-state index contributed by atoms with van der Waals surface area (Å²) in [5.41, 5.74) is 7.62. The lowest BCUT2D eigenvalue weighted by atomic mass is 10.0. The minimum Gasteiger partial charge on any atom is -0.461 e. The van der Waals surface area contributed by atoms with Crippen molar-refractivity contribution in [2.45, 2.75) is 24.4 Å². The van der Waals surface area contributed by atoms with Crippen molar-refractivity contribution >= 4 is 57.7 Å². The summed E-state index contributed by atoms with van der Waals surface area (Å²) in [7, 11) is 1.28. The van der Waals surface area contributed by atoms with Crippen LogP contribution >= 0.6 is 23.1 Å². The number of nitrogens with zero attached hydrogens (tertiary/aromatic N) is 3. The third-order valence-corrected chi connectivity index (χ3v) is 8.58. The number of hydrogen-bond acceptors (Lipinski definition) is 12. The molecule has 1 fully saturated rings. The molecule has 2 atom stereocenters. The normalized spacial score (nSPS) is 18.1. The van der Waals surface area contributed by atoms with E-state index < -0.39 is 41.3 Å². The maximum Gasteiger partial charge on any atom is 0.356 e. The zero-order chi connectivity index (χ0) is 30.5. The van der Waals surface area contributed by atoms with Crippen molar-refractivity contribution in [1.82, 2.24) is 15.2 Å². The van der Waals surface area contributed by atoms with Crippen LogP contribution in [0.4, 0.5) is 5.13 Å². The van der Waals surface area contributed by atoms with Crippen LogP contribution in [0.1, 0.15) is 29.8 Å². The minimum absolute atomic E-state index is 0.0181. The van der Waals surface area contributed by atoms with Gasteiger partial charge in [0.2, 0.25) is 0 Å². The van der Waals surface area contributed by atoms with Crippen LogP contribution in [0.15, 0.2) is 82.5 Å². The fraction of sp³-hybridized carbons (Fsp3) is 0.241. The van der Waals surface area contributed by atoms with E-state index in [1.165, 1.54) is 30.7 Å². The Kier molecular flexibility index (Phi) is 9.07. The Balaban J connectivity index is 1.41. The number of rotatable bonds is 10. The molecule has 2 aromatic carbocycles. The highest BCUT2D eigenvalue weighted by Gasteiger charge is 2.55. The fourth-order valence-corrected chi connectivity index (χ4v) is 6.50. The molecular weight excluding hydrogens is 594 g/mol. The average Bonchev–Trinajstić information content (AvgIpc) is 3.45. The number of oxime groups is 1. The summed E-state index contributed by atoms with van der Waals surface area (Å²) >= 11 is 2.44. The minimum atomic E-state index is -0.979. The number of esters is 2. The van der Waals surface area contributed by atoms with Gasteiger partial charge in [-0.15, -0.1) is 23.1 Å². The molecule has 43 heavy (non-hydrogen) atoms. The SMILES string of the molecule is CO/N=C(\C(=O)N[C@@H]1C(=O)N2C(C(=O)OC(c3ccccc3)c3ccccc3)=C(COC(C)=O)CS[C@H]12)c1csc(N)n1. The molecule has 3 heterocycles. The predicted molar refractivity (Wildman–Crippen MR) is 160 cm³/mol. The van der Waals surface area contributed by atoms with Crippen molar-refractivity contribution < 1.29 is 33.5 Å². The molecule has 0 spiro atoms. The molecule has 1 aromatic heterocycles. The summed E-state index contributed by atoms with van der Waals surface area (Å²) in [5.74, 6) is -2.28. The van der Waals surface area contributed by atoms with E-state index in [9.17, 15) is 19.2 Å². The number of thiazole rings is 1. The quantitative estimate of drug-likeness (QED) is 0.149. The first kappa shape index (κ1) is 29.8. The monoisotopic (exact) mass is 621 g/mol. The Morgan fingerprint density at radius 1 is 1.12 bits per heavy atom. The van der Waals surface area contributed by atoms with Gasteiger partial charge in [0.15, 0.2) is 16.9 Å². The van der Waals surface area contributed by atoms with E-state index in [0.29, 0.717) is 5.57 Å². The Labute approximate surface area is 254 Å². The number of ether oxygens (including phenoxy) is 2. The fourth-order valence-electron chi connectivity index (χ4n) is 4.62. The van der Waals surface area contributed by atoms with Gasteiger partial charge in [0, 0.05) is 23.6 Å². The number of carbonyl (C=O) groups excluding carboxylic acids is 4. The number of aromatic nitrogens is 1. The van der Waals surface area contributed by atoms with Crippen LogP contribution in [0, 0.1) is 0 Å². The van der Waals surface area contributed by atoms with E-state index in [-0.39, 0.29) is 34.6 Å². The lowest BCUT2D eigenvalue weighted by Crippen LogP contribution is -2.71. The maximum atomic E-state index is 13.9. The second kappa shape index (κ2) is 13.1. The summed E-state index contributed by atoms with van der Waals surface area (Å²) in [4.78, 5) is 62.3. The summed E-state index contributed by atoms with van der Waals surface area (Å²) in [6, 6.07) is 17.5. The smallest absolute Gasteiger partial charge is 0.356 e. The predicted octanol–water partition coefficient (Wildman–Crippen LogP) is 2.63. The van der Waals surface area contributed by atoms with Crippen LogP contribution in [-0.2, 0) is 33.5 Å². The van der Waals surface area contributed by atoms with E-state index in [1.54, 1.807) is 5.38 Å². The number of anilines is 1. The van der Waals surface area contributed by atoms with Crippen molar-refractivity contribution in [2.24, 2.45) is 5.16 Å². The van der Waals surface area contributed by atoms with Crippen molar-refractivity contribution in [2.75, 3.05) is 25.2 Å². The number of thioether (sulfide) groups is 1. The number of β-lactam (4-membered cyclic amide) rings is 1. The first-order valence-corrected chi connectivity index (χ1v) is 15.0. The lowest BCUT2D eigenvalue weighted by Gasteiger charge is -2.49. The lowest BCUT2D eigenvalue weighted by molar-refractivity contribution is -0.154. The van der Waals surface area contributed by atoms with Gasteiger partial charge < -0.3 is 25.4 Å². The molecule has 14 heteroatoms. The molecule has 3 N–H and O–H groups in total. The molecular formula is C29H27N5O7S2. The second-order valence-electron chi connectivity index (χ2n) is 9.39. The van der Waals surface area contributed by atoms with Crippen LogP contribution in [-0.4, -0.2) is 70.2 Å². The van der Waals surface area contributed by atoms with Gasteiger partial charge in [-0.2, -0.15) is 0 Å². The molecule has 2 aliphatic heterocycles. The molecule has 222 valence electrons. The van der Waals surface area contributed by atoms with Gasteiger partial charge in [0.25, 0.3) is 11.8 Å². The van der Waals surface area contributed by atoms with Crippen LogP contribution in [0.2, 0.25) is 0 Å². The number of benzene rings is 2. The van der Waals surface area contributed by atoms with Crippen molar-refractivity contribution in [3.8, 4) is 0 Å². The Bertz CT molecular complexity index is 1550. The molecule has 0 bridgehead atoms. The molecule has 0 saturated carbocycles. The molecule has 0 aliphatic carbocycles. The largest absolute Gasteiger partial charge is 0.461 e. The molecule has 12 nitrogen and oxygen atoms in total. The highest BCUT2D eigenvalue weighted by Crippen LogP contribution is 2.41. The van der Waals surface area contributed by atoms with Crippen LogP contribution in [0.25, 0.3) is 0 Å². The van der Waals surface area contributed by atoms with E-state index in [2.05, 4.69) is 15.5 Å². The summed E-state index contributed by atoms with van der Waals surface area (Å²) in [5, 5.41) is 7.59. The zero-order valence-electron chi connectivity index (χ0n) is 23.1. The van der Waals surface area contributed by atoms with Gasteiger partial charge in [0.05, 0.1) is 0 Å². The van der Waals surface area contributed by atoms with Crippen LogP contribution in [0.3, 0.4) is 0 Å². The Hall–Kier alpha value is -4.69. The number of nitrogen functional groups attached to an aromatic ring is 1. The summed E-state index contributed by atoms with van der Waals surface area (Å²) in [6.07, 6.45) is -0.768. The number of hydrogen-bond donors (Lipinski definition) is 2. The Morgan fingerprint density at radius 2 is 1.77 bits per heavy atom. The van der Waals surface area contributed by atoms with E-state index in [4.69, 9.17) is 20.0 Å². The second-order valence-corrected chi connectivity index (χ2v) is 11.4. The first-order valence-electron chi connectivity index (χ1n) is 13.0. The van der Waals surface area contributed by atoms with Gasteiger partial charge in [-0.25, -0.2) is 9.78 Å². The summed E-state index contributed by atoms with van der Waals surface area (Å²) in [6.45, 7) is 1.06. The molecule has 3 aromatic rings. The molecule has 2 amide bonds.